The lowest BCUT2D eigenvalue weighted by Gasteiger charge is -2.07. The molecule has 1 aromatic rings. The highest BCUT2D eigenvalue weighted by molar-refractivity contribution is 5.91. The van der Waals surface area contributed by atoms with Gasteiger partial charge in [-0.05, 0) is 13.0 Å². The fourth-order valence-corrected chi connectivity index (χ4v) is 1.75. The highest BCUT2D eigenvalue weighted by Gasteiger charge is 2.30. The van der Waals surface area contributed by atoms with Gasteiger partial charge < -0.3 is 9.84 Å². The predicted octanol–water partition coefficient (Wildman–Crippen LogP) is 2.27. The van der Waals surface area contributed by atoms with E-state index in [1.807, 2.05) is 19.9 Å². The van der Waals surface area contributed by atoms with E-state index in [0.717, 1.165) is 5.56 Å². The molecule has 1 N–H and O–H groups in total. The predicted molar refractivity (Wildman–Crippen MR) is 51.9 cm³/mol. The third-order valence-corrected chi connectivity index (χ3v) is 2.77. The smallest absolute Gasteiger partial charge is 0.339 e. The van der Waals surface area contributed by atoms with Crippen molar-refractivity contribution in [2.45, 2.75) is 25.9 Å². The van der Waals surface area contributed by atoms with Crippen molar-refractivity contribution in [3.8, 4) is 5.75 Å². The average Bonchev–Trinajstić information content (AvgIpc) is 2.43. The third kappa shape index (κ3) is 1.16. The van der Waals surface area contributed by atoms with E-state index in [0.29, 0.717) is 5.75 Å². The first-order valence-corrected chi connectivity index (χ1v) is 4.64. The maximum absolute atomic E-state index is 10.9. The molecule has 2 rings (SSSR count). The molecule has 14 heavy (non-hydrogen) atoms. The molecule has 2 atom stereocenters. The van der Waals surface area contributed by atoms with E-state index in [1.54, 1.807) is 12.1 Å². The van der Waals surface area contributed by atoms with Gasteiger partial charge in [0.1, 0.15) is 17.4 Å². The molecule has 0 saturated heterocycles. The van der Waals surface area contributed by atoms with E-state index >= 15 is 0 Å². The van der Waals surface area contributed by atoms with Crippen molar-refractivity contribution in [1.82, 2.24) is 0 Å². The Balaban J connectivity index is 2.56. The Kier molecular flexibility index (Phi) is 1.95. The molecule has 1 aliphatic rings. The Morgan fingerprint density at radius 3 is 2.79 bits per heavy atom. The Morgan fingerprint density at radius 1 is 1.43 bits per heavy atom. The SMILES string of the molecule is C[C@H]1Oc2c(C(=O)O)cccc2[C@@H]1C. The number of benzene rings is 1. The number of ether oxygens (including phenoxy) is 1. The van der Waals surface area contributed by atoms with E-state index in [1.165, 1.54) is 0 Å². The van der Waals surface area contributed by atoms with Crippen LogP contribution in [0.15, 0.2) is 18.2 Å². The highest BCUT2D eigenvalue weighted by Crippen LogP contribution is 2.39. The molecule has 0 radical (unpaired) electrons. The summed E-state index contributed by atoms with van der Waals surface area (Å²) in [6, 6.07) is 5.27. The molecule has 3 nitrogen and oxygen atoms in total. The standard InChI is InChI=1S/C11H12O3/c1-6-7(2)14-10-8(6)4-3-5-9(10)11(12)13/h3-7H,1-2H3,(H,12,13)/t6-,7-/m1/s1. The van der Waals surface area contributed by atoms with Crippen molar-refractivity contribution in [2.24, 2.45) is 0 Å². The monoisotopic (exact) mass is 192 g/mol. The van der Waals surface area contributed by atoms with Crippen molar-refractivity contribution in [3.63, 3.8) is 0 Å². The van der Waals surface area contributed by atoms with Gasteiger partial charge >= 0.3 is 5.97 Å². The molecular weight excluding hydrogens is 180 g/mol. The summed E-state index contributed by atoms with van der Waals surface area (Å²) in [5.74, 6) is -0.118. The normalized spacial score (nSPS) is 24.1. The third-order valence-electron chi connectivity index (χ3n) is 2.77. The van der Waals surface area contributed by atoms with Crippen LogP contribution >= 0.6 is 0 Å². The summed E-state index contributed by atoms with van der Waals surface area (Å²) in [5, 5.41) is 8.94. The summed E-state index contributed by atoms with van der Waals surface area (Å²) in [6.07, 6.45) is 0.0606. The van der Waals surface area contributed by atoms with Gasteiger partial charge in [0.05, 0.1) is 0 Å². The zero-order valence-corrected chi connectivity index (χ0v) is 8.15. The molecule has 0 aromatic heterocycles. The summed E-state index contributed by atoms with van der Waals surface area (Å²) in [6.45, 7) is 4.00. The second-order valence-corrected chi connectivity index (χ2v) is 3.64. The number of fused-ring (bicyclic) bond motifs is 1. The van der Waals surface area contributed by atoms with Crippen LogP contribution in [0, 0.1) is 0 Å². The van der Waals surface area contributed by atoms with Crippen LogP contribution in [0.2, 0.25) is 0 Å². The molecule has 0 unspecified atom stereocenters. The molecule has 0 amide bonds. The molecule has 1 heterocycles. The van der Waals surface area contributed by atoms with E-state index in [2.05, 4.69) is 0 Å². The van der Waals surface area contributed by atoms with Crippen molar-refractivity contribution in [1.29, 1.82) is 0 Å². The topological polar surface area (TPSA) is 46.5 Å². The molecule has 0 saturated carbocycles. The van der Waals surface area contributed by atoms with Gasteiger partial charge in [0.25, 0.3) is 0 Å². The Hall–Kier alpha value is -1.51. The van der Waals surface area contributed by atoms with E-state index in [9.17, 15) is 4.79 Å². The van der Waals surface area contributed by atoms with Gasteiger partial charge in [-0.2, -0.15) is 0 Å². The Labute approximate surface area is 82.3 Å². The van der Waals surface area contributed by atoms with Gasteiger partial charge in [-0.1, -0.05) is 19.1 Å². The van der Waals surface area contributed by atoms with Crippen molar-refractivity contribution in [3.05, 3.63) is 29.3 Å². The number of carbonyl (C=O) groups is 1. The Bertz CT molecular complexity index is 384. The molecular formula is C11H12O3. The fourth-order valence-electron chi connectivity index (χ4n) is 1.75. The summed E-state index contributed by atoms with van der Waals surface area (Å²) in [5.41, 5.74) is 1.26. The summed E-state index contributed by atoms with van der Waals surface area (Å²) >= 11 is 0. The summed E-state index contributed by atoms with van der Waals surface area (Å²) in [4.78, 5) is 10.9. The lowest BCUT2D eigenvalue weighted by atomic mass is 9.97. The number of rotatable bonds is 1. The van der Waals surface area contributed by atoms with Crippen LogP contribution in [-0.4, -0.2) is 17.2 Å². The zero-order valence-electron chi connectivity index (χ0n) is 8.15. The van der Waals surface area contributed by atoms with Crippen molar-refractivity contribution in [2.75, 3.05) is 0 Å². The second-order valence-electron chi connectivity index (χ2n) is 3.64. The van der Waals surface area contributed by atoms with Crippen LogP contribution < -0.4 is 4.74 Å². The van der Waals surface area contributed by atoms with E-state index < -0.39 is 5.97 Å². The largest absolute Gasteiger partial charge is 0.489 e. The van der Waals surface area contributed by atoms with Gasteiger partial charge in [0.2, 0.25) is 0 Å². The van der Waals surface area contributed by atoms with Gasteiger partial charge in [-0.3, -0.25) is 0 Å². The minimum atomic E-state index is -0.928. The van der Waals surface area contributed by atoms with Crippen LogP contribution in [0.5, 0.6) is 5.75 Å². The lowest BCUT2D eigenvalue weighted by molar-refractivity contribution is 0.0691. The maximum atomic E-state index is 10.9. The quantitative estimate of drug-likeness (QED) is 0.742. The van der Waals surface area contributed by atoms with Crippen LogP contribution in [0.4, 0.5) is 0 Å². The first-order valence-electron chi connectivity index (χ1n) is 4.64. The molecule has 1 aromatic carbocycles. The van der Waals surface area contributed by atoms with Crippen LogP contribution in [0.25, 0.3) is 0 Å². The molecule has 0 fully saturated rings. The summed E-state index contributed by atoms with van der Waals surface area (Å²) < 4.78 is 5.53. The molecule has 0 bridgehead atoms. The minimum absolute atomic E-state index is 0.0606. The van der Waals surface area contributed by atoms with Crippen molar-refractivity contribution >= 4 is 5.97 Å². The average molecular weight is 192 g/mol. The maximum Gasteiger partial charge on any atom is 0.339 e. The first-order chi connectivity index (χ1) is 6.61. The number of carboxylic acids is 1. The van der Waals surface area contributed by atoms with Gasteiger partial charge in [-0.15, -0.1) is 0 Å². The van der Waals surface area contributed by atoms with Gasteiger partial charge in [-0.25, -0.2) is 4.79 Å². The minimum Gasteiger partial charge on any atom is -0.489 e. The van der Waals surface area contributed by atoms with Gasteiger partial charge in [0, 0.05) is 11.5 Å². The molecule has 0 aliphatic carbocycles. The summed E-state index contributed by atoms with van der Waals surface area (Å²) in [7, 11) is 0. The number of hydrogen-bond donors (Lipinski definition) is 1. The second kappa shape index (κ2) is 3.01. The van der Waals surface area contributed by atoms with Crippen LogP contribution in [0.3, 0.4) is 0 Å². The number of carboxylic acid groups (broad SMARTS) is 1. The number of hydrogen-bond acceptors (Lipinski definition) is 2. The fraction of sp³-hybridized carbons (Fsp3) is 0.364. The first kappa shape index (κ1) is 9.06. The molecule has 0 spiro atoms. The van der Waals surface area contributed by atoms with Crippen LogP contribution in [0.1, 0.15) is 35.7 Å². The zero-order chi connectivity index (χ0) is 10.3. The molecule has 74 valence electrons. The number of aromatic carboxylic acids is 1. The van der Waals surface area contributed by atoms with Crippen LogP contribution in [-0.2, 0) is 0 Å². The number of para-hydroxylation sites is 1. The van der Waals surface area contributed by atoms with Gasteiger partial charge in [0.15, 0.2) is 0 Å². The molecule has 3 heteroatoms. The highest BCUT2D eigenvalue weighted by atomic mass is 16.5. The lowest BCUT2D eigenvalue weighted by Crippen LogP contribution is -2.11. The Morgan fingerprint density at radius 2 is 2.14 bits per heavy atom. The molecule has 1 aliphatic heterocycles. The van der Waals surface area contributed by atoms with E-state index in [-0.39, 0.29) is 17.6 Å². The van der Waals surface area contributed by atoms with E-state index in [4.69, 9.17) is 9.84 Å². The van der Waals surface area contributed by atoms with Crippen molar-refractivity contribution < 1.29 is 14.6 Å².